The predicted octanol–water partition coefficient (Wildman–Crippen LogP) is 5.35. The fourth-order valence-corrected chi connectivity index (χ4v) is 7.14. The molecule has 10 heteroatoms. The lowest BCUT2D eigenvalue weighted by Crippen LogP contribution is -2.51. The van der Waals surface area contributed by atoms with Crippen LogP contribution in [0.3, 0.4) is 0 Å². The minimum absolute atomic E-state index is 0.00780. The smallest absolute Gasteiger partial charge is 0.309 e. The van der Waals surface area contributed by atoms with Crippen molar-refractivity contribution >= 4 is 45.1 Å². The van der Waals surface area contributed by atoms with Gasteiger partial charge in [-0.05, 0) is 70.4 Å². The summed E-state index contributed by atoms with van der Waals surface area (Å²) < 4.78 is 13.6. The minimum Gasteiger partial charge on any atom is -0.309 e. The SMILES string of the molecule is Cc1ccc(F)c(Cl)c1NC(=O)N1Cc2c(NC(=O)C3(S(C)(C)C)CCC3)n[nH]c2C1(C)C. The molecule has 0 saturated heterocycles. The van der Waals surface area contributed by atoms with Gasteiger partial charge in [-0.1, -0.05) is 17.7 Å². The molecule has 33 heavy (non-hydrogen) atoms. The summed E-state index contributed by atoms with van der Waals surface area (Å²) in [4.78, 5) is 28.1. The quantitative estimate of drug-likeness (QED) is 0.534. The van der Waals surface area contributed by atoms with Gasteiger partial charge in [0.25, 0.3) is 0 Å². The second kappa shape index (κ2) is 7.91. The highest BCUT2D eigenvalue weighted by Crippen LogP contribution is 2.60. The first-order chi connectivity index (χ1) is 15.3. The van der Waals surface area contributed by atoms with Crippen LogP contribution in [0.5, 0.6) is 0 Å². The second-order valence-corrected chi connectivity index (χ2v) is 15.0. The molecule has 2 heterocycles. The van der Waals surface area contributed by atoms with Gasteiger partial charge in [0.2, 0.25) is 5.91 Å². The van der Waals surface area contributed by atoms with Crippen molar-refractivity contribution < 1.29 is 14.0 Å². The summed E-state index contributed by atoms with van der Waals surface area (Å²) in [5.74, 6) is -0.120. The van der Waals surface area contributed by atoms with E-state index in [2.05, 4.69) is 39.6 Å². The molecule has 7 nitrogen and oxygen atoms in total. The largest absolute Gasteiger partial charge is 0.322 e. The van der Waals surface area contributed by atoms with E-state index in [-0.39, 0.29) is 27.9 Å². The molecule has 1 aromatic heterocycles. The summed E-state index contributed by atoms with van der Waals surface area (Å²) in [7, 11) is -1.11. The van der Waals surface area contributed by atoms with Gasteiger partial charge < -0.3 is 15.5 Å². The van der Waals surface area contributed by atoms with Gasteiger partial charge in [-0.2, -0.15) is 5.10 Å². The number of fused-ring (bicyclic) bond motifs is 1. The monoisotopic (exact) mass is 495 g/mol. The minimum atomic E-state index is -1.11. The Morgan fingerprint density at radius 2 is 1.88 bits per heavy atom. The van der Waals surface area contributed by atoms with Gasteiger partial charge in [0.1, 0.15) is 10.8 Å². The molecule has 1 aromatic carbocycles. The van der Waals surface area contributed by atoms with E-state index in [1.165, 1.54) is 6.07 Å². The van der Waals surface area contributed by atoms with Crippen LogP contribution in [0.2, 0.25) is 5.02 Å². The first kappa shape index (κ1) is 23.9. The summed E-state index contributed by atoms with van der Waals surface area (Å²) in [6, 6.07) is 2.43. The van der Waals surface area contributed by atoms with E-state index in [1.807, 2.05) is 13.8 Å². The van der Waals surface area contributed by atoms with Crippen molar-refractivity contribution in [2.24, 2.45) is 0 Å². The number of anilines is 2. The number of carbonyl (C=O) groups is 2. The molecule has 1 aliphatic heterocycles. The van der Waals surface area contributed by atoms with E-state index in [0.717, 1.165) is 30.5 Å². The number of amides is 3. The van der Waals surface area contributed by atoms with Crippen LogP contribution in [-0.2, 0) is 16.9 Å². The number of urea groups is 1. The molecule has 3 N–H and O–H groups in total. The van der Waals surface area contributed by atoms with Crippen molar-refractivity contribution in [1.29, 1.82) is 0 Å². The zero-order chi connectivity index (χ0) is 24.3. The Morgan fingerprint density at radius 3 is 2.45 bits per heavy atom. The van der Waals surface area contributed by atoms with Crippen LogP contribution in [-0.4, -0.2) is 50.5 Å². The normalized spacial score (nSPS) is 19.0. The highest BCUT2D eigenvalue weighted by atomic mass is 35.5. The Hall–Kier alpha value is -2.26. The second-order valence-electron chi connectivity index (χ2n) is 10.2. The van der Waals surface area contributed by atoms with E-state index in [9.17, 15) is 14.0 Å². The van der Waals surface area contributed by atoms with E-state index in [1.54, 1.807) is 17.9 Å². The third-order valence-corrected chi connectivity index (χ3v) is 10.5. The molecule has 0 spiro atoms. The van der Waals surface area contributed by atoms with Crippen molar-refractivity contribution in [2.75, 3.05) is 29.4 Å². The zero-order valence-corrected chi connectivity index (χ0v) is 21.4. The lowest BCUT2D eigenvalue weighted by molar-refractivity contribution is -0.120. The van der Waals surface area contributed by atoms with Gasteiger partial charge >= 0.3 is 6.03 Å². The standard InChI is InChI=1S/C23H31ClFN5O2S/c1-13-8-9-15(25)16(24)17(13)26-21(32)30-12-14-18(22(30,2)3)28-29-19(14)27-20(31)23(10-7-11-23)33(4,5)6/h8-9H,7,10-12H2,1-6H3,(H,26,32)(H2,27,28,29,31). The van der Waals surface area contributed by atoms with E-state index in [4.69, 9.17) is 11.6 Å². The first-order valence-electron chi connectivity index (χ1n) is 10.9. The number of hydrogen-bond donors (Lipinski definition) is 3. The summed E-state index contributed by atoms with van der Waals surface area (Å²) in [5, 5.41) is 13.1. The van der Waals surface area contributed by atoms with Crippen molar-refractivity contribution in [3.05, 3.63) is 39.8 Å². The number of rotatable bonds is 4. The topological polar surface area (TPSA) is 90.1 Å². The molecule has 3 amide bonds. The van der Waals surface area contributed by atoms with Gasteiger partial charge in [0.05, 0.1) is 28.2 Å². The van der Waals surface area contributed by atoms with Crippen LogP contribution in [0, 0.1) is 12.7 Å². The number of nitrogens with one attached hydrogen (secondary N) is 3. The lowest BCUT2D eigenvalue weighted by Gasteiger charge is -2.53. The van der Waals surface area contributed by atoms with Crippen molar-refractivity contribution in [3.8, 4) is 0 Å². The summed E-state index contributed by atoms with van der Waals surface area (Å²) >= 11 is 6.10. The fraction of sp³-hybridized carbons (Fsp3) is 0.522. The van der Waals surface area contributed by atoms with Crippen molar-refractivity contribution in [3.63, 3.8) is 0 Å². The number of hydrogen-bond acceptors (Lipinski definition) is 3. The fourth-order valence-electron chi connectivity index (χ4n) is 4.76. The molecule has 180 valence electrons. The Morgan fingerprint density at radius 1 is 1.21 bits per heavy atom. The third-order valence-electron chi connectivity index (χ3n) is 7.23. The predicted molar refractivity (Wildman–Crippen MR) is 133 cm³/mol. The molecule has 0 atom stereocenters. The van der Waals surface area contributed by atoms with Crippen molar-refractivity contribution in [1.82, 2.24) is 15.1 Å². The molecule has 2 aromatic rings. The molecule has 1 aliphatic carbocycles. The van der Waals surface area contributed by atoms with Crippen LogP contribution in [0.15, 0.2) is 12.1 Å². The number of carbonyl (C=O) groups excluding carboxylic acids is 2. The third kappa shape index (κ3) is 3.69. The number of H-pyrrole nitrogens is 1. The maximum absolute atomic E-state index is 13.9. The van der Waals surface area contributed by atoms with Gasteiger partial charge in [-0.15, -0.1) is 0 Å². The average Bonchev–Trinajstić information content (AvgIpc) is 3.18. The highest BCUT2D eigenvalue weighted by molar-refractivity contribution is 8.33. The summed E-state index contributed by atoms with van der Waals surface area (Å²) in [5.41, 5.74) is 1.74. The maximum atomic E-state index is 13.9. The maximum Gasteiger partial charge on any atom is 0.322 e. The van der Waals surface area contributed by atoms with Crippen molar-refractivity contribution in [2.45, 2.75) is 56.9 Å². The molecule has 0 bridgehead atoms. The lowest BCUT2D eigenvalue weighted by atomic mass is 9.83. The molecule has 0 unspecified atom stereocenters. The highest BCUT2D eigenvalue weighted by Gasteiger charge is 2.51. The molecular formula is C23H31ClFN5O2S. The Kier molecular flexibility index (Phi) is 5.72. The van der Waals surface area contributed by atoms with E-state index < -0.39 is 27.4 Å². The van der Waals surface area contributed by atoms with Gasteiger partial charge in [-0.25, -0.2) is 19.2 Å². The molecule has 4 rings (SSSR count). The number of aryl methyl sites for hydroxylation is 1. The Labute approximate surface area is 200 Å². The molecule has 1 saturated carbocycles. The Bertz CT molecular complexity index is 1140. The van der Waals surface area contributed by atoms with Crippen LogP contribution < -0.4 is 10.6 Å². The number of nitrogens with zero attached hydrogens (tertiary/aromatic N) is 2. The van der Waals surface area contributed by atoms with Crippen LogP contribution >= 0.6 is 21.6 Å². The first-order valence-corrected chi connectivity index (χ1v) is 14.1. The number of aromatic amines is 1. The number of aromatic nitrogens is 2. The van der Waals surface area contributed by atoms with E-state index >= 15 is 0 Å². The van der Waals surface area contributed by atoms with Crippen LogP contribution in [0.25, 0.3) is 0 Å². The number of halogens is 2. The van der Waals surface area contributed by atoms with Gasteiger partial charge in [0.15, 0.2) is 5.82 Å². The summed E-state index contributed by atoms with van der Waals surface area (Å²) in [6.45, 7) is 5.80. The zero-order valence-electron chi connectivity index (χ0n) is 19.9. The average molecular weight is 496 g/mol. The molecular weight excluding hydrogens is 465 g/mol. The molecule has 1 fully saturated rings. The van der Waals surface area contributed by atoms with Crippen LogP contribution in [0.4, 0.5) is 20.7 Å². The summed E-state index contributed by atoms with van der Waals surface area (Å²) in [6.07, 6.45) is 9.36. The van der Waals surface area contributed by atoms with Gasteiger partial charge in [0, 0.05) is 5.56 Å². The van der Waals surface area contributed by atoms with E-state index in [0.29, 0.717) is 11.4 Å². The Balaban J connectivity index is 1.57. The molecule has 0 radical (unpaired) electrons. The molecule has 2 aliphatic rings. The van der Waals surface area contributed by atoms with Gasteiger partial charge in [-0.3, -0.25) is 9.89 Å². The number of benzene rings is 1. The van der Waals surface area contributed by atoms with Crippen LogP contribution in [0.1, 0.15) is 49.9 Å².